The molecule has 1 heterocycles. The van der Waals surface area contributed by atoms with E-state index in [0.717, 1.165) is 0 Å². The Morgan fingerprint density at radius 3 is 2.29 bits per heavy atom. The smallest absolute Gasteiger partial charge is 0.374 e. The van der Waals surface area contributed by atoms with Gasteiger partial charge in [0.15, 0.2) is 0 Å². The Balaban J connectivity index is 1.70. The van der Waals surface area contributed by atoms with Gasteiger partial charge >= 0.3 is 12.4 Å². The molecule has 1 aliphatic heterocycles. The molecule has 2 amide bonds. The van der Waals surface area contributed by atoms with E-state index in [1.807, 2.05) is 0 Å². The summed E-state index contributed by atoms with van der Waals surface area (Å²) in [5, 5.41) is 7.49. The maximum absolute atomic E-state index is 14.0. The second kappa shape index (κ2) is 9.35. The predicted octanol–water partition coefficient (Wildman–Crippen LogP) is 3.99. The summed E-state index contributed by atoms with van der Waals surface area (Å²) in [6.45, 7) is -0.684. The van der Waals surface area contributed by atoms with Crippen molar-refractivity contribution in [3.05, 3.63) is 70.8 Å². The van der Waals surface area contributed by atoms with Crippen LogP contribution in [-0.4, -0.2) is 43.0 Å². The zero-order valence-corrected chi connectivity index (χ0v) is 17.7. The highest BCUT2D eigenvalue weighted by Crippen LogP contribution is 2.48. The van der Waals surface area contributed by atoms with Crippen LogP contribution in [0.25, 0.3) is 0 Å². The van der Waals surface area contributed by atoms with Crippen molar-refractivity contribution in [2.75, 3.05) is 13.1 Å². The highest BCUT2D eigenvalue weighted by Gasteiger charge is 2.62. The summed E-state index contributed by atoms with van der Waals surface area (Å²) in [5.41, 5.74) is -1.95. The third-order valence-corrected chi connectivity index (χ3v) is 5.13. The largest absolute Gasteiger partial charge is 0.435 e. The number of benzene rings is 2. The molecule has 0 aliphatic carbocycles. The molecule has 2 N–H and O–H groups in total. The highest BCUT2D eigenvalue weighted by molar-refractivity contribution is 6.04. The minimum atomic E-state index is -4.75. The first-order valence-electron chi connectivity index (χ1n) is 9.92. The van der Waals surface area contributed by atoms with Crippen molar-refractivity contribution >= 4 is 17.5 Å². The van der Waals surface area contributed by atoms with Gasteiger partial charge in [0.1, 0.15) is 6.54 Å². The van der Waals surface area contributed by atoms with Gasteiger partial charge in [-0.2, -0.15) is 26.3 Å². The summed E-state index contributed by atoms with van der Waals surface area (Å²) in [6, 6.07) is 11.3. The van der Waals surface area contributed by atoms with Crippen LogP contribution in [0.2, 0.25) is 0 Å². The number of aryl methyl sites for hydroxylation is 1. The molecule has 6 nitrogen and oxygen atoms in total. The van der Waals surface area contributed by atoms with E-state index in [0.29, 0.717) is 11.1 Å². The number of hydrogen-bond acceptors (Lipinski definition) is 4. The zero-order valence-electron chi connectivity index (χ0n) is 17.7. The summed E-state index contributed by atoms with van der Waals surface area (Å²) < 4.78 is 78.3. The minimum absolute atomic E-state index is 0.0303. The summed E-state index contributed by atoms with van der Waals surface area (Å²) in [7, 11) is 0. The van der Waals surface area contributed by atoms with E-state index in [2.05, 4.69) is 10.5 Å². The Kier molecular flexibility index (Phi) is 6.89. The Hall–Kier alpha value is -3.57. The molecule has 12 heteroatoms. The average molecular weight is 487 g/mol. The number of alkyl halides is 6. The van der Waals surface area contributed by atoms with E-state index >= 15 is 0 Å². The number of amides is 2. The number of halogens is 6. The molecule has 3 rings (SSSR count). The first-order valence-corrected chi connectivity index (χ1v) is 9.92. The first-order chi connectivity index (χ1) is 15.8. The average Bonchev–Trinajstić information content (AvgIpc) is 3.23. The predicted molar refractivity (Wildman–Crippen MR) is 109 cm³/mol. The van der Waals surface area contributed by atoms with Gasteiger partial charge in [-0.1, -0.05) is 41.6 Å². The van der Waals surface area contributed by atoms with Gasteiger partial charge in [0.05, 0.1) is 12.3 Å². The SMILES string of the molecule is Cc1cc(C2=NOC(c3ccccc3)(C(F)(F)F)C2)ccc1C(=O)NCC(=O)NCC(F)(F)F. The Morgan fingerprint density at radius 2 is 1.71 bits per heavy atom. The molecule has 0 saturated heterocycles. The van der Waals surface area contributed by atoms with Crippen LogP contribution in [0.5, 0.6) is 0 Å². The lowest BCUT2D eigenvalue weighted by Gasteiger charge is -2.29. The summed E-state index contributed by atoms with van der Waals surface area (Å²) in [5.74, 6) is -1.76. The van der Waals surface area contributed by atoms with Crippen molar-refractivity contribution in [1.82, 2.24) is 10.6 Å². The molecule has 1 unspecified atom stereocenters. The normalized spacial score (nSPS) is 18.1. The van der Waals surface area contributed by atoms with Gasteiger partial charge in [-0.05, 0) is 30.2 Å². The van der Waals surface area contributed by atoms with Crippen LogP contribution in [0.1, 0.15) is 33.5 Å². The number of nitrogens with zero attached hydrogens (tertiary/aromatic N) is 1. The van der Waals surface area contributed by atoms with E-state index < -0.39 is 49.3 Å². The highest BCUT2D eigenvalue weighted by atomic mass is 19.4. The summed E-state index contributed by atoms with van der Waals surface area (Å²) in [6.07, 6.45) is -9.91. The standard InChI is InChI=1S/C22H19F6N3O3/c1-13-9-14(7-8-16(13)19(33)29-11-18(32)30-12-21(23,24)25)17-10-20(34-31-17,22(26,27)28)15-5-3-2-4-6-15/h2-9H,10-12H2,1H3,(H,29,33)(H,30,32). The molecule has 34 heavy (non-hydrogen) atoms. The molecule has 0 fully saturated rings. The third-order valence-electron chi connectivity index (χ3n) is 5.13. The van der Waals surface area contributed by atoms with Crippen molar-refractivity contribution < 1.29 is 40.8 Å². The quantitative estimate of drug-likeness (QED) is 0.605. The fourth-order valence-electron chi connectivity index (χ4n) is 3.38. The summed E-state index contributed by atoms with van der Waals surface area (Å²) in [4.78, 5) is 28.7. The maximum atomic E-state index is 14.0. The fourth-order valence-corrected chi connectivity index (χ4v) is 3.38. The van der Waals surface area contributed by atoms with Gasteiger partial charge in [0.25, 0.3) is 11.5 Å². The molecule has 2 aromatic carbocycles. The molecule has 0 bridgehead atoms. The zero-order chi connectivity index (χ0) is 25.1. The fraction of sp³-hybridized carbons (Fsp3) is 0.318. The number of nitrogens with one attached hydrogen (secondary N) is 2. The molecule has 0 spiro atoms. The molecular formula is C22H19F6N3O3. The number of oxime groups is 1. The van der Waals surface area contributed by atoms with Gasteiger partial charge in [-0.3, -0.25) is 9.59 Å². The molecular weight excluding hydrogens is 468 g/mol. The molecule has 0 aromatic heterocycles. The van der Waals surface area contributed by atoms with E-state index in [1.54, 1.807) is 11.4 Å². The van der Waals surface area contributed by atoms with E-state index in [4.69, 9.17) is 4.84 Å². The van der Waals surface area contributed by atoms with Crippen molar-refractivity contribution in [2.24, 2.45) is 5.16 Å². The molecule has 182 valence electrons. The summed E-state index contributed by atoms with van der Waals surface area (Å²) >= 11 is 0. The van der Waals surface area contributed by atoms with Crippen LogP contribution in [0, 0.1) is 6.92 Å². The topological polar surface area (TPSA) is 79.8 Å². The maximum Gasteiger partial charge on any atom is 0.435 e. The first kappa shape index (κ1) is 25.1. The van der Waals surface area contributed by atoms with Crippen molar-refractivity contribution in [3.63, 3.8) is 0 Å². The van der Waals surface area contributed by atoms with Crippen molar-refractivity contribution in [2.45, 2.75) is 31.3 Å². The monoisotopic (exact) mass is 487 g/mol. The second-order valence-corrected chi connectivity index (χ2v) is 7.60. The van der Waals surface area contributed by atoms with E-state index in [9.17, 15) is 35.9 Å². The molecule has 1 aliphatic rings. The van der Waals surface area contributed by atoms with Crippen molar-refractivity contribution in [1.29, 1.82) is 0 Å². The van der Waals surface area contributed by atoms with Crippen LogP contribution < -0.4 is 10.6 Å². The Bertz CT molecular complexity index is 1100. The lowest BCUT2D eigenvalue weighted by molar-refractivity contribution is -0.275. The third kappa shape index (κ3) is 5.49. The number of carbonyl (C=O) groups is 2. The van der Waals surface area contributed by atoms with Gasteiger partial charge in [-0.15, -0.1) is 0 Å². The molecule has 0 radical (unpaired) electrons. The Labute approximate surface area is 190 Å². The lowest BCUT2D eigenvalue weighted by Crippen LogP contribution is -2.42. The van der Waals surface area contributed by atoms with Crippen molar-refractivity contribution in [3.8, 4) is 0 Å². The lowest BCUT2D eigenvalue weighted by atomic mass is 9.86. The van der Waals surface area contributed by atoms with Crippen LogP contribution in [0.3, 0.4) is 0 Å². The Morgan fingerprint density at radius 1 is 1.03 bits per heavy atom. The number of carbonyl (C=O) groups excluding carboxylic acids is 2. The van der Waals surface area contributed by atoms with Gasteiger partial charge < -0.3 is 15.5 Å². The van der Waals surface area contributed by atoms with E-state index in [1.165, 1.54) is 49.4 Å². The van der Waals surface area contributed by atoms with Gasteiger partial charge in [-0.25, -0.2) is 0 Å². The second-order valence-electron chi connectivity index (χ2n) is 7.60. The molecule has 1 atom stereocenters. The number of rotatable bonds is 6. The molecule has 0 saturated carbocycles. The van der Waals surface area contributed by atoms with Gasteiger partial charge in [0, 0.05) is 17.5 Å². The van der Waals surface area contributed by atoms with Crippen LogP contribution >= 0.6 is 0 Å². The van der Waals surface area contributed by atoms with Crippen LogP contribution in [-0.2, 0) is 15.2 Å². The van der Waals surface area contributed by atoms with Crippen LogP contribution in [0.15, 0.2) is 53.7 Å². The van der Waals surface area contributed by atoms with Crippen LogP contribution in [0.4, 0.5) is 26.3 Å². The minimum Gasteiger partial charge on any atom is -0.374 e. The number of hydrogen-bond donors (Lipinski definition) is 2. The molecule has 2 aromatic rings. The van der Waals surface area contributed by atoms with Gasteiger partial charge in [0.2, 0.25) is 5.91 Å². The van der Waals surface area contributed by atoms with E-state index in [-0.39, 0.29) is 16.8 Å².